The second-order valence-corrected chi connectivity index (χ2v) is 6.79. The number of imidazole rings is 1. The summed E-state index contributed by atoms with van der Waals surface area (Å²) >= 11 is 6.16. The zero-order valence-corrected chi connectivity index (χ0v) is 15.8. The van der Waals surface area contributed by atoms with Gasteiger partial charge in [0.1, 0.15) is 17.1 Å². The van der Waals surface area contributed by atoms with E-state index in [1.807, 2.05) is 42.6 Å². The number of hydrogen-bond donors (Lipinski definition) is 0. The average molecular weight is 357 g/mol. The summed E-state index contributed by atoms with van der Waals surface area (Å²) in [5.41, 5.74) is 4.48. The predicted octanol–water partition coefficient (Wildman–Crippen LogP) is 6.15. The molecule has 0 fully saturated rings. The maximum absolute atomic E-state index is 6.16. The van der Waals surface area contributed by atoms with E-state index >= 15 is 0 Å². The summed E-state index contributed by atoms with van der Waals surface area (Å²) in [4.78, 5) is 4.70. The summed E-state index contributed by atoms with van der Waals surface area (Å²) in [6, 6.07) is 7.66. The molecule has 0 unspecified atom stereocenters. The topological polar surface area (TPSA) is 51.2 Å². The summed E-state index contributed by atoms with van der Waals surface area (Å²) in [5, 5.41) is 9.58. The quantitative estimate of drug-likeness (QED) is 0.526. The van der Waals surface area contributed by atoms with Crippen molar-refractivity contribution in [1.29, 1.82) is 0 Å². The van der Waals surface area contributed by atoms with Crippen LogP contribution < -0.4 is 4.74 Å². The predicted molar refractivity (Wildman–Crippen MR) is 101 cm³/mol. The standard InChI is InChI=1S/C19H21ClN4O/c1-11(2)18-19(24-10-12(3)6-7-17(24)21-18)23-22-15-8-13(4)14(20)9-16(15)25-5/h6-11H,1-5H3. The minimum atomic E-state index is 0.239. The van der Waals surface area contributed by atoms with Crippen LogP contribution in [0.5, 0.6) is 5.75 Å². The number of rotatable bonds is 4. The number of halogens is 1. The van der Waals surface area contributed by atoms with Crippen molar-refractivity contribution in [3.63, 3.8) is 0 Å². The lowest BCUT2D eigenvalue weighted by Gasteiger charge is -2.07. The van der Waals surface area contributed by atoms with E-state index in [2.05, 4.69) is 24.1 Å². The van der Waals surface area contributed by atoms with Crippen LogP contribution in [0.4, 0.5) is 11.5 Å². The first-order valence-electron chi connectivity index (χ1n) is 8.15. The van der Waals surface area contributed by atoms with Crippen LogP contribution in [0.15, 0.2) is 40.7 Å². The zero-order chi connectivity index (χ0) is 18.1. The fourth-order valence-corrected chi connectivity index (χ4v) is 2.79. The normalized spacial score (nSPS) is 11.8. The van der Waals surface area contributed by atoms with Gasteiger partial charge < -0.3 is 4.74 Å². The van der Waals surface area contributed by atoms with Crippen molar-refractivity contribution in [3.05, 3.63) is 52.3 Å². The number of benzene rings is 1. The highest BCUT2D eigenvalue weighted by molar-refractivity contribution is 6.31. The molecule has 0 saturated carbocycles. The first-order chi connectivity index (χ1) is 11.9. The van der Waals surface area contributed by atoms with E-state index in [0.717, 1.165) is 28.3 Å². The van der Waals surface area contributed by atoms with E-state index in [0.29, 0.717) is 16.5 Å². The largest absolute Gasteiger partial charge is 0.494 e. The third-order valence-electron chi connectivity index (χ3n) is 4.03. The molecule has 0 amide bonds. The van der Waals surface area contributed by atoms with Gasteiger partial charge in [-0.3, -0.25) is 4.40 Å². The number of nitrogens with zero attached hydrogens (tertiary/aromatic N) is 4. The Morgan fingerprint density at radius 1 is 1.16 bits per heavy atom. The van der Waals surface area contributed by atoms with E-state index in [-0.39, 0.29) is 5.92 Å². The molecule has 0 aliphatic heterocycles. The van der Waals surface area contributed by atoms with Crippen molar-refractivity contribution in [3.8, 4) is 5.75 Å². The Kier molecular flexibility index (Phi) is 4.77. The van der Waals surface area contributed by atoms with E-state index in [9.17, 15) is 0 Å². The first kappa shape index (κ1) is 17.4. The lowest BCUT2D eigenvalue weighted by atomic mass is 10.1. The van der Waals surface area contributed by atoms with Crippen LogP contribution in [0.1, 0.15) is 36.6 Å². The maximum atomic E-state index is 6.16. The number of ether oxygens (including phenoxy) is 1. The van der Waals surface area contributed by atoms with Crippen LogP contribution in [0.25, 0.3) is 5.65 Å². The Morgan fingerprint density at radius 3 is 2.60 bits per heavy atom. The molecule has 0 radical (unpaired) electrons. The van der Waals surface area contributed by atoms with Gasteiger partial charge in [-0.25, -0.2) is 4.98 Å². The van der Waals surface area contributed by atoms with Gasteiger partial charge in [0, 0.05) is 17.3 Å². The van der Waals surface area contributed by atoms with Crippen molar-refractivity contribution < 1.29 is 4.74 Å². The molecule has 0 aliphatic rings. The fraction of sp³-hybridized carbons (Fsp3) is 0.316. The second-order valence-electron chi connectivity index (χ2n) is 6.38. The van der Waals surface area contributed by atoms with Gasteiger partial charge in [0.15, 0.2) is 5.82 Å². The third-order valence-corrected chi connectivity index (χ3v) is 4.43. The van der Waals surface area contributed by atoms with Gasteiger partial charge in [0.25, 0.3) is 0 Å². The maximum Gasteiger partial charge on any atom is 0.183 e. The third kappa shape index (κ3) is 3.37. The average Bonchev–Trinajstić information content (AvgIpc) is 2.93. The molecule has 0 spiro atoms. The number of fused-ring (bicyclic) bond motifs is 1. The molecule has 0 aliphatic carbocycles. The minimum absolute atomic E-state index is 0.239. The lowest BCUT2D eigenvalue weighted by molar-refractivity contribution is 0.416. The van der Waals surface area contributed by atoms with Gasteiger partial charge in [-0.15, -0.1) is 10.2 Å². The Labute approximate surface area is 152 Å². The molecular weight excluding hydrogens is 336 g/mol. The number of aromatic nitrogens is 2. The summed E-state index contributed by atoms with van der Waals surface area (Å²) < 4.78 is 7.35. The molecule has 0 atom stereocenters. The number of methoxy groups -OCH3 is 1. The van der Waals surface area contributed by atoms with Crippen molar-refractivity contribution in [1.82, 2.24) is 9.38 Å². The van der Waals surface area contributed by atoms with Crippen LogP contribution in [-0.4, -0.2) is 16.5 Å². The van der Waals surface area contributed by atoms with Crippen LogP contribution >= 0.6 is 11.6 Å². The highest BCUT2D eigenvalue weighted by Crippen LogP contribution is 2.35. The Hall–Kier alpha value is -2.40. The van der Waals surface area contributed by atoms with Crippen molar-refractivity contribution in [2.45, 2.75) is 33.6 Å². The van der Waals surface area contributed by atoms with Crippen molar-refractivity contribution in [2.75, 3.05) is 7.11 Å². The molecule has 6 heteroatoms. The van der Waals surface area contributed by atoms with Crippen molar-refractivity contribution in [2.24, 2.45) is 10.2 Å². The van der Waals surface area contributed by atoms with E-state index in [4.69, 9.17) is 21.3 Å². The smallest absolute Gasteiger partial charge is 0.183 e. The molecule has 0 bridgehead atoms. The molecule has 3 rings (SSSR count). The summed E-state index contributed by atoms with van der Waals surface area (Å²) in [5.74, 6) is 1.57. The summed E-state index contributed by atoms with van der Waals surface area (Å²) in [6.45, 7) is 8.17. The molecular formula is C19H21ClN4O. The molecule has 130 valence electrons. The molecule has 2 aromatic heterocycles. The van der Waals surface area contributed by atoms with E-state index in [1.165, 1.54) is 0 Å². The molecule has 1 aromatic carbocycles. The Bertz CT molecular complexity index is 960. The molecule has 0 saturated heterocycles. The van der Waals surface area contributed by atoms with E-state index in [1.54, 1.807) is 13.2 Å². The minimum Gasteiger partial charge on any atom is -0.494 e. The second kappa shape index (κ2) is 6.84. The van der Waals surface area contributed by atoms with Crippen LogP contribution in [0, 0.1) is 13.8 Å². The van der Waals surface area contributed by atoms with Crippen LogP contribution in [-0.2, 0) is 0 Å². The number of aryl methyl sites for hydroxylation is 2. The molecule has 3 aromatic rings. The number of azo groups is 1. The van der Waals surface area contributed by atoms with E-state index < -0.39 is 0 Å². The molecule has 2 heterocycles. The van der Waals surface area contributed by atoms with Crippen LogP contribution in [0.2, 0.25) is 5.02 Å². The lowest BCUT2D eigenvalue weighted by Crippen LogP contribution is -1.89. The monoisotopic (exact) mass is 356 g/mol. The van der Waals surface area contributed by atoms with Gasteiger partial charge in [0.2, 0.25) is 0 Å². The number of pyridine rings is 1. The Morgan fingerprint density at radius 2 is 1.92 bits per heavy atom. The van der Waals surface area contributed by atoms with Gasteiger partial charge in [-0.05, 0) is 43.0 Å². The number of hydrogen-bond acceptors (Lipinski definition) is 4. The first-order valence-corrected chi connectivity index (χ1v) is 8.53. The molecule has 25 heavy (non-hydrogen) atoms. The van der Waals surface area contributed by atoms with Gasteiger partial charge in [-0.1, -0.05) is 31.5 Å². The summed E-state index contributed by atoms with van der Waals surface area (Å²) in [6.07, 6.45) is 2.02. The fourth-order valence-electron chi connectivity index (χ4n) is 2.63. The van der Waals surface area contributed by atoms with Crippen molar-refractivity contribution >= 4 is 28.8 Å². The van der Waals surface area contributed by atoms with Gasteiger partial charge in [-0.2, -0.15) is 0 Å². The molecule has 0 N–H and O–H groups in total. The zero-order valence-electron chi connectivity index (χ0n) is 15.0. The SMILES string of the molecule is COc1cc(Cl)c(C)cc1N=Nc1c(C(C)C)nc2ccc(C)cn12. The van der Waals surface area contributed by atoms with Gasteiger partial charge >= 0.3 is 0 Å². The van der Waals surface area contributed by atoms with Crippen LogP contribution in [0.3, 0.4) is 0 Å². The Balaban J connectivity index is 2.14. The molecule has 5 nitrogen and oxygen atoms in total. The summed E-state index contributed by atoms with van der Waals surface area (Å²) in [7, 11) is 1.59. The van der Waals surface area contributed by atoms with Gasteiger partial charge in [0.05, 0.1) is 12.8 Å². The highest BCUT2D eigenvalue weighted by atomic mass is 35.5. The highest BCUT2D eigenvalue weighted by Gasteiger charge is 2.15.